The minimum atomic E-state index is -0.485. The van der Waals surface area contributed by atoms with E-state index in [1.807, 2.05) is 12.1 Å². The number of nitrogens with one attached hydrogen (secondary N) is 1. The van der Waals surface area contributed by atoms with E-state index in [0.717, 1.165) is 52.1 Å². The van der Waals surface area contributed by atoms with Gasteiger partial charge in [-0.05, 0) is 72.8 Å². The number of aromatic nitrogens is 1. The standard InChI is InChI=1S/C35H38N4OS/c1-25-16-18-28(19-17-25)33-24-41-35(38-30-14-8-10-26(2)22-30)39(33)32(34(40)37-21-7-3-6-20-36)23-29-13-9-12-27-11-4-5-15-31(27)29/h4-5,8-19,22,24,32H,3,6-7,20-21,23,36H2,1-2H3,(H,37,40)/t32-/m1/s1. The molecule has 1 amide bonds. The number of carbonyl (C=O) groups is 1. The summed E-state index contributed by atoms with van der Waals surface area (Å²) in [6.45, 7) is 5.46. The van der Waals surface area contributed by atoms with E-state index in [2.05, 4.69) is 108 Å². The Morgan fingerprint density at radius 2 is 1.68 bits per heavy atom. The Balaban J connectivity index is 1.64. The maximum absolute atomic E-state index is 14.1. The average Bonchev–Trinajstić information content (AvgIpc) is 3.39. The van der Waals surface area contributed by atoms with E-state index in [4.69, 9.17) is 10.7 Å². The molecule has 0 unspecified atom stereocenters. The normalized spacial score (nSPS) is 12.5. The molecule has 5 aromatic rings. The van der Waals surface area contributed by atoms with Gasteiger partial charge in [0.15, 0.2) is 4.80 Å². The van der Waals surface area contributed by atoms with Crippen LogP contribution in [0, 0.1) is 13.8 Å². The van der Waals surface area contributed by atoms with Gasteiger partial charge in [0.25, 0.3) is 0 Å². The third-order valence-corrected chi connectivity index (χ3v) is 8.24. The van der Waals surface area contributed by atoms with Crippen molar-refractivity contribution >= 4 is 33.7 Å². The summed E-state index contributed by atoms with van der Waals surface area (Å²) in [6.07, 6.45) is 3.42. The first-order valence-corrected chi connectivity index (χ1v) is 15.2. The van der Waals surface area contributed by atoms with Crippen LogP contribution in [0.5, 0.6) is 0 Å². The fourth-order valence-electron chi connectivity index (χ4n) is 5.20. The Kier molecular flexibility index (Phi) is 9.44. The predicted octanol–water partition coefficient (Wildman–Crippen LogP) is 7.25. The first-order chi connectivity index (χ1) is 20.0. The number of aryl methyl sites for hydroxylation is 2. The van der Waals surface area contributed by atoms with E-state index in [1.54, 1.807) is 11.3 Å². The molecule has 0 bridgehead atoms. The van der Waals surface area contributed by atoms with E-state index in [0.29, 0.717) is 19.5 Å². The zero-order chi connectivity index (χ0) is 28.6. The summed E-state index contributed by atoms with van der Waals surface area (Å²) < 4.78 is 2.15. The third-order valence-electron chi connectivity index (χ3n) is 7.40. The van der Waals surface area contributed by atoms with E-state index in [1.165, 1.54) is 16.3 Å². The van der Waals surface area contributed by atoms with Crippen LogP contribution in [0.3, 0.4) is 0 Å². The molecule has 1 atom stereocenters. The van der Waals surface area contributed by atoms with Gasteiger partial charge in [-0.3, -0.25) is 4.79 Å². The van der Waals surface area contributed by atoms with Crippen molar-refractivity contribution in [3.05, 3.63) is 118 Å². The second-order valence-corrected chi connectivity index (χ2v) is 11.4. The SMILES string of the molecule is Cc1ccc(-c2csc(=Nc3cccc(C)c3)n2[C@H](Cc2cccc3ccccc23)C(=O)NCCCCCN)cc1. The Morgan fingerprint density at radius 3 is 2.49 bits per heavy atom. The summed E-state index contributed by atoms with van der Waals surface area (Å²) in [6, 6.07) is 30.9. The minimum Gasteiger partial charge on any atom is -0.354 e. The minimum absolute atomic E-state index is 0.00290. The highest BCUT2D eigenvalue weighted by Crippen LogP contribution is 2.29. The molecule has 0 radical (unpaired) electrons. The number of amides is 1. The molecule has 210 valence electrons. The molecule has 0 aliphatic carbocycles. The molecular formula is C35H38N4OS. The number of unbranched alkanes of at least 4 members (excludes halogenated alkanes) is 2. The van der Waals surface area contributed by atoms with Crippen LogP contribution in [0.25, 0.3) is 22.0 Å². The van der Waals surface area contributed by atoms with Crippen molar-refractivity contribution in [3.63, 3.8) is 0 Å². The molecule has 5 rings (SSSR count). The topological polar surface area (TPSA) is 72.4 Å². The smallest absolute Gasteiger partial charge is 0.243 e. The summed E-state index contributed by atoms with van der Waals surface area (Å²) in [4.78, 5) is 20.0. The fourth-order valence-corrected chi connectivity index (χ4v) is 6.17. The number of rotatable bonds is 11. The molecular weight excluding hydrogens is 524 g/mol. The Bertz CT molecular complexity index is 1680. The van der Waals surface area contributed by atoms with Gasteiger partial charge in [-0.2, -0.15) is 0 Å². The molecule has 0 spiro atoms. The largest absolute Gasteiger partial charge is 0.354 e. The monoisotopic (exact) mass is 562 g/mol. The highest BCUT2D eigenvalue weighted by molar-refractivity contribution is 7.07. The van der Waals surface area contributed by atoms with Gasteiger partial charge in [-0.15, -0.1) is 11.3 Å². The molecule has 4 aromatic carbocycles. The van der Waals surface area contributed by atoms with Crippen LogP contribution in [0.15, 0.2) is 101 Å². The Morgan fingerprint density at radius 1 is 0.902 bits per heavy atom. The highest BCUT2D eigenvalue weighted by Gasteiger charge is 2.26. The summed E-state index contributed by atoms with van der Waals surface area (Å²) in [7, 11) is 0. The number of carbonyl (C=O) groups excluding carboxylic acids is 1. The van der Waals surface area contributed by atoms with Crippen LogP contribution in [0.1, 0.15) is 42.0 Å². The van der Waals surface area contributed by atoms with Crippen LogP contribution >= 0.6 is 11.3 Å². The first-order valence-electron chi connectivity index (χ1n) is 14.4. The molecule has 0 aliphatic rings. The molecule has 41 heavy (non-hydrogen) atoms. The van der Waals surface area contributed by atoms with Crippen LogP contribution in [-0.2, 0) is 11.2 Å². The lowest BCUT2D eigenvalue weighted by Crippen LogP contribution is -2.38. The number of fused-ring (bicyclic) bond motifs is 1. The van der Waals surface area contributed by atoms with Gasteiger partial charge in [-0.1, -0.05) is 90.8 Å². The maximum Gasteiger partial charge on any atom is 0.243 e. The third kappa shape index (κ3) is 7.02. The van der Waals surface area contributed by atoms with Crippen molar-refractivity contribution in [3.8, 4) is 11.3 Å². The van der Waals surface area contributed by atoms with Crippen molar-refractivity contribution < 1.29 is 4.79 Å². The van der Waals surface area contributed by atoms with Crippen LogP contribution in [0.4, 0.5) is 5.69 Å². The van der Waals surface area contributed by atoms with Crippen molar-refractivity contribution in [2.24, 2.45) is 10.7 Å². The molecule has 6 heteroatoms. The van der Waals surface area contributed by atoms with Gasteiger partial charge in [0.05, 0.1) is 11.4 Å². The van der Waals surface area contributed by atoms with Gasteiger partial charge in [0.1, 0.15) is 6.04 Å². The molecule has 0 aliphatic heterocycles. The molecule has 1 heterocycles. The first kappa shape index (κ1) is 28.5. The average molecular weight is 563 g/mol. The summed E-state index contributed by atoms with van der Waals surface area (Å²) in [5.41, 5.74) is 12.1. The van der Waals surface area contributed by atoms with Crippen molar-refractivity contribution in [2.75, 3.05) is 13.1 Å². The number of nitrogens with zero attached hydrogens (tertiary/aromatic N) is 2. The summed E-state index contributed by atoms with van der Waals surface area (Å²) in [5, 5.41) is 7.72. The second kappa shape index (κ2) is 13.6. The van der Waals surface area contributed by atoms with Gasteiger partial charge in [0, 0.05) is 18.3 Å². The lowest BCUT2D eigenvalue weighted by molar-refractivity contribution is -0.124. The van der Waals surface area contributed by atoms with Gasteiger partial charge >= 0.3 is 0 Å². The number of hydrogen-bond donors (Lipinski definition) is 2. The van der Waals surface area contributed by atoms with Crippen LogP contribution < -0.4 is 15.9 Å². The summed E-state index contributed by atoms with van der Waals surface area (Å²) in [5.74, 6) is 0.00290. The Labute approximate surface area is 246 Å². The number of nitrogens with two attached hydrogens (primary N) is 1. The highest BCUT2D eigenvalue weighted by atomic mass is 32.1. The van der Waals surface area contributed by atoms with Gasteiger partial charge < -0.3 is 15.6 Å². The maximum atomic E-state index is 14.1. The lowest BCUT2D eigenvalue weighted by atomic mass is 9.97. The van der Waals surface area contributed by atoms with Crippen LogP contribution in [0.2, 0.25) is 0 Å². The van der Waals surface area contributed by atoms with Gasteiger partial charge in [-0.25, -0.2) is 4.99 Å². The Hall–Kier alpha value is -4.00. The lowest BCUT2D eigenvalue weighted by Gasteiger charge is -2.22. The van der Waals surface area contributed by atoms with Gasteiger partial charge in [0.2, 0.25) is 5.91 Å². The quantitative estimate of drug-likeness (QED) is 0.167. The number of benzene rings is 4. The van der Waals surface area contributed by atoms with E-state index in [9.17, 15) is 4.79 Å². The van der Waals surface area contributed by atoms with Crippen molar-refractivity contribution in [1.29, 1.82) is 0 Å². The van der Waals surface area contributed by atoms with Crippen molar-refractivity contribution in [1.82, 2.24) is 9.88 Å². The van der Waals surface area contributed by atoms with Crippen molar-refractivity contribution in [2.45, 2.75) is 45.6 Å². The molecule has 0 fully saturated rings. The second-order valence-electron chi connectivity index (χ2n) is 10.6. The van der Waals surface area contributed by atoms with E-state index < -0.39 is 6.04 Å². The molecule has 0 saturated heterocycles. The predicted molar refractivity (Wildman–Crippen MR) is 171 cm³/mol. The zero-order valence-corrected chi connectivity index (χ0v) is 24.7. The molecule has 5 nitrogen and oxygen atoms in total. The zero-order valence-electron chi connectivity index (χ0n) is 23.8. The van der Waals surface area contributed by atoms with E-state index >= 15 is 0 Å². The summed E-state index contributed by atoms with van der Waals surface area (Å²) >= 11 is 1.57. The fraction of sp³-hybridized carbons (Fsp3) is 0.257. The molecule has 3 N–H and O–H groups in total. The van der Waals surface area contributed by atoms with E-state index in [-0.39, 0.29) is 5.91 Å². The number of thiazole rings is 1. The molecule has 0 saturated carbocycles. The molecule has 1 aromatic heterocycles. The van der Waals surface area contributed by atoms with Crippen LogP contribution in [-0.4, -0.2) is 23.6 Å². The number of hydrogen-bond acceptors (Lipinski definition) is 4.